The van der Waals surface area contributed by atoms with Crippen LogP contribution in [0, 0.1) is 5.82 Å². The van der Waals surface area contributed by atoms with E-state index in [1.165, 1.54) is 18.2 Å². The summed E-state index contributed by atoms with van der Waals surface area (Å²) in [6, 6.07) is 3.03. The van der Waals surface area contributed by atoms with E-state index in [1.807, 2.05) is 0 Å². The number of carbonyl (C=O) groups excluding carboxylic acids is 1. The summed E-state index contributed by atoms with van der Waals surface area (Å²) in [6.07, 6.45) is -1.23. The Morgan fingerprint density at radius 3 is 2.53 bits per heavy atom. The number of halogens is 4. The molecule has 92 valence electrons. The van der Waals surface area contributed by atoms with Gasteiger partial charge in [-0.25, -0.2) is 4.39 Å². The zero-order valence-electron chi connectivity index (χ0n) is 8.50. The molecule has 1 aromatic rings. The van der Waals surface area contributed by atoms with Crippen LogP contribution in [0.1, 0.15) is 12.0 Å². The molecule has 0 spiro atoms. The molecule has 0 radical (unpaired) electrons. The summed E-state index contributed by atoms with van der Waals surface area (Å²) in [7, 11) is 0. The smallest absolute Gasteiger partial charge is 0.403 e. The molecular formula is C11H8F4O2. The maximum atomic E-state index is 13.2. The molecule has 0 aliphatic carbocycles. The van der Waals surface area contributed by atoms with E-state index in [4.69, 9.17) is 0 Å². The molecule has 0 N–H and O–H groups in total. The van der Waals surface area contributed by atoms with E-state index in [9.17, 15) is 22.4 Å². The van der Waals surface area contributed by atoms with Crippen LogP contribution in [0.25, 0.3) is 6.08 Å². The molecule has 17 heavy (non-hydrogen) atoms. The molecule has 0 amide bonds. The highest BCUT2D eigenvalue weighted by atomic mass is 19.4. The number of aldehydes is 1. The largest absolute Gasteiger partial charge is 0.573 e. The van der Waals surface area contributed by atoms with Gasteiger partial charge in [0, 0.05) is 6.42 Å². The zero-order valence-corrected chi connectivity index (χ0v) is 8.50. The summed E-state index contributed by atoms with van der Waals surface area (Å²) >= 11 is 0. The second-order valence-corrected chi connectivity index (χ2v) is 3.04. The van der Waals surface area contributed by atoms with Gasteiger partial charge in [0.1, 0.15) is 6.29 Å². The number of hydrogen-bond donors (Lipinski definition) is 0. The first kappa shape index (κ1) is 13.2. The summed E-state index contributed by atoms with van der Waals surface area (Å²) in [5.41, 5.74) is 0.346. The fraction of sp³-hybridized carbons (Fsp3) is 0.182. The van der Waals surface area contributed by atoms with E-state index in [-0.39, 0.29) is 6.42 Å². The van der Waals surface area contributed by atoms with Crippen molar-refractivity contribution in [3.8, 4) is 5.75 Å². The van der Waals surface area contributed by atoms with Crippen molar-refractivity contribution in [2.24, 2.45) is 0 Å². The third-order valence-electron chi connectivity index (χ3n) is 1.72. The van der Waals surface area contributed by atoms with Gasteiger partial charge in [-0.15, -0.1) is 13.2 Å². The Morgan fingerprint density at radius 2 is 2.00 bits per heavy atom. The molecule has 0 bridgehead atoms. The lowest BCUT2D eigenvalue weighted by Crippen LogP contribution is -2.17. The topological polar surface area (TPSA) is 26.3 Å². The lowest BCUT2D eigenvalue weighted by Gasteiger charge is -2.09. The number of hydrogen-bond acceptors (Lipinski definition) is 2. The lowest BCUT2D eigenvalue weighted by molar-refractivity contribution is -0.275. The quantitative estimate of drug-likeness (QED) is 0.603. The van der Waals surface area contributed by atoms with Crippen molar-refractivity contribution >= 4 is 12.4 Å². The standard InChI is InChI=1S/C11H8F4O2/c12-9-7-8(3-1-2-6-16)4-5-10(9)17-11(13,14)15/h1,3-7H,2H2. The molecule has 0 fully saturated rings. The predicted molar refractivity (Wildman–Crippen MR) is 52.8 cm³/mol. The molecule has 0 aliphatic rings. The van der Waals surface area contributed by atoms with Crippen LogP contribution in [0.5, 0.6) is 5.75 Å². The molecule has 1 rings (SSSR count). The van der Waals surface area contributed by atoms with Gasteiger partial charge in [0.2, 0.25) is 0 Å². The number of allylic oxidation sites excluding steroid dienone is 1. The second kappa shape index (κ2) is 5.47. The van der Waals surface area contributed by atoms with E-state index in [2.05, 4.69) is 4.74 Å². The van der Waals surface area contributed by atoms with Crippen molar-refractivity contribution in [3.05, 3.63) is 35.7 Å². The van der Waals surface area contributed by atoms with Crippen LogP contribution in [0.2, 0.25) is 0 Å². The van der Waals surface area contributed by atoms with E-state index in [0.29, 0.717) is 11.8 Å². The Bertz CT molecular complexity index is 424. The molecule has 0 heterocycles. The van der Waals surface area contributed by atoms with Crippen molar-refractivity contribution in [1.29, 1.82) is 0 Å². The van der Waals surface area contributed by atoms with Gasteiger partial charge in [-0.3, -0.25) is 0 Å². The lowest BCUT2D eigenvalue weighted by atomic mass is 10.2. The van der Waals surface area contributed by atoms with Crippen LogP contribution < -0.4 is 4.74 Å². The molecule has 0 atom stereocenters. The number of benzene rings is 1. The molecule has 0 saturated heterocycles. The first-order chi connectivity index (χ1) is 7.92. The average Bonchev–Trinajstić information content (AvgIpc) is 2.21. The fourth-order valence-electron chi connectivity index (χ4n) is 1.09. The second-order valence-electron chi connectivity index (χ2n) is 3.04. The van der Waals surface area contributed by atoms with Crippen LogP contribution in [-0.2, 0) is 4.79 Å². The van der Waals surface area contributed by atoms with Crippen LogP contribution in [0.3, 0.4) is 0 Å². The SMILES string of the molecule is O=CCC=Cc1ccc(OC(F)(F)F)c(F)c1. The average molecular weight is 248 g/mol. The Hall–Kier alpha value is -1.85. The molecule has 0 saturated carbocycles. The zero-order chi connectivity index (χ0) is 12.9. The number of rotatable bonds is 4. The Morgan fingerprint density at radius 1 is 1.29 bits per heavy atom. The third-order valence-corrected chi connectivity index (χ3v) is 1.72. The van der Waals surface area contributed by atoms with Gasteiger partial charge in [0.05, 0.1) is 0 Å². The molecule has 0 unspecified atom stereocenters. The fourth-order valence-corrected chi connectivity index (χ4v) is 1.09. The normalized spacial score (nSPS) is 11.8. The molecule has 0 aromatic heterocycles. The first-order valence-corrected chi connectivity index (χ1v) is 4.58. The maximum absolute atomic E-state index is 13.2. The predicted octanol–water partition coefficient (Wildman–Crippen LogP) is 3.33. The Kier molecular flexibility index (Phi) is 4.25. The van der Waals surface area contributed by atoms with Gasteiger partial charge in [0.15, 0.2) is 11.6 Å². The summed E-state index contributed by atoms with van der Waals surface area (Å²) in [4.78, 5) is 10.0. The maximum Gasteiger partial charge on any atom is 0.573 e. The van der Waals surface area contributed by atoms with Crippen molar-refractivity contribution in [2.45, 2.75) is 12.8 Å². The van der Waals surface area contributed by atoms with Gasteiger partial charge in [0.25, 0.3) is 0 Å². The van der Waals surface area contributed by atoms with Crippen molar-refractivity contribution in [1.82, 2.24) is 0 Å². The highest BCUT2D eigenvalue weighted by Crippen LogP contribution is 2.26. The molecule has 2 nitrogen and oxygen atoms in total. The minimum atomic E-state index is -4.92. The number of carbonyl (C=O) groups is 1. The summed E-state index contributed by atoms with van der Waals surface area (Å²) in [5.74, 6) is -2.00. The van der Waals surface area contributed by atoms with Gasteiger partial charge in [-0.2, -0.15) is 0 Å². The number of ether oxygens (including phenoxy) is 1. The first-order valence-electron chi connectivity index (χ1n) is 4.58. The Balaban J connectivity index is 2.82. The van der Waals surface area contributed by atoms with Crippen LogP contribution in [0.15, 0.2) is 24.3 Å². The van der Waals surface area contributed by atoms with Crippen molar-refractivity contribution in [3.63, 3.8) is 0 Å². The summed E-state index contributed by atoms with van der Waals surface area (Å²) in [5, 5.41) is 0. The van der Waals surface area contributed by atoms with Crippen LogP contribution in [-0.4, -0.2) is 12.6 Å². The van der Waals surface area contributed by atoms with Crippen LogP contribution >= 0.6 is 0 Å². The molecular weight excluding hydrogens is 240 g/mol. The molecule has 0 aliphatic heterocycles. The van der Waals surface area contributed by atoms with Crippen LogP contribution in [0.4, 0.5) is 17.6 Å². The van der Waals surface area contributed by atoms with E-state index >= 15 is 0 Å². The van der Waals surface area contributed by atoms with Gasteiger partial charge >= 0.3 is 6.36 Å². The van der Waals surface area contributed by atoms with E-state index < -0.39 is 17.9 Å². The van der Waals surface area contributed by atoms with Gasteiger partial charge < -0.3 is 9.53 Å². The summed E-state index contributed by atoms with van der Waals surface area (Å²) in [6.45, 7) is 0. The molecule has 6 heteroatoms. The highest BCUT2D eigenvalue weighted by Gasteiger charge is 2.32. The molecule has 1 aromatic carbocycles. The van der Waals surface area contributed by atoms with Gasteiger partial charge in [-0.05, 0) is 17.7 Å². The monoisotopic (exact) mass is 248 g/mol. The van der Waals surface area contributed by atoms with Crippen molar-refractivity contribution < 1.29 is 27.1 Å². The van der Waals surface area contributed by atoms with E-state index in [0.717, 1.165) is 12.1 Å². The van der Waals surface area contributed by atoms with Crippen molar-refractivity contribution in [2.75, 3.05) is 0 Å². The highest BCUT2D eigenvalue weighted by molar-refractivity contribution is 5.58. The minimum absolute atomic E-state index is 0.155. The Labute approximate surface area is 94.5 Å². The number of alkyl halides is 3. The summed E-state index contributed by atoms with van der Waals surface area (Å²) < 4.78 is 52.1. The van der Waals surface area contributed by atoms with Gasteiger partial charge in [-0.1, -0.05) is 18.2 Å². The van der Waals surface area contributed by atoms with E-state index in [1.54, 1.807) is 0 Å². The third kappa shape index (κ3) is 4.67. The minimum Gasteiger partial charge on any atom is -0.403 e.